The summed E-state index contributed by atoms with van der Waals surface area (Å²) >= 11 is 11.9. The van der Waals surface area contributed by atoms with Crippen LogP contribution in [-0.4, -0.2) is 25.5 Å². The molecule has 2 nitrogen and oxygen atoms in total. The molecule has 0 heterocycles. The highest BCUT2D eigenvalue weighted by molar-refractivity contribution is 6.35. The van der Waals surface area contributed by atoms with Crippen molar-refractivity contribution in [1.29, 1.82) is 0 Å². The third kappa shape index (κ3) is 3.99. The number of nitrogens with zero attached hydrogens (tertiary/aromatic N) is 1. The van der Waals surface area contributed by atoms with Gasteiger partial charge in [0.2, 0.25) is 0 Å². The third-order valence-electron chi connectivity index (χ3n) is 2.25. The van der Waals surface area contributed by atoms with Crippen LogP contribution in [0.3, 0.4) is 0 Å². The van der Waals surface area contributed by atoms with Gasteiger partial charge in [-0.25, -0.2) is 0 Å². The molecule has 0 bridgehead atoms. The van der Waals surface area contributed by atoms with Crippen molar-refractivity contribution in [2.45, 2.75) is 12.5 Å². The van der Waals surface area contributed by atoms with Gasteiger partial charge in [0.15, 0.2) is 0 Å². The highest BCUT2D eigenvalue weighted by Gasteiger charge is 2.10. The Hall–Kier alpha value is -0.280. The molecule has 0 aromatic heterocycles. The number of hydrogen-bond acceptors (Lipinski definition) is 2. The Labute approximate surface area is 101 Å². The lowest BCUT2D eigenvalue weighted by Crippen LogP contribution is -2.20. The van der Waals surface area contributed by atoms with E-state index in [-0.39, 0.29) is 6.04 Å². The zero-order valence-electron chi connectivity index (χ0n) is 9.00. The minimum atomic E-state index is -0.0304. The Balaban J connectivity index is 2.69. The monoisotopic (exact) mass is 246 g/mol. The molecule has 0 fully saturated rings. The van der Waals surface area contributed by atoms with Crippen LogP contribution in [0, 0.1) is 0 Å². The van der Waals surface area contributed by atoms with Crippen molar-refractivity contribution in [3.63, 3.8) is 0 Å². The lowest BCUT2D eigenvalue weighted by Gasteiger charge is -2.16. The van der Waals surface area contributed by atoms with E-state index in [1.165, 1.54) is 0 Å². The smallest absolute Gasteiger partial charge is 0.0468 e. The number of rotatable bonds is 4. The first-order valence-corrected chi connectivity index (χ1v) is 5.61. The van der Waals surface area contributed by atoms with Gasteiger partial charge in [0.1, 0.15) is 0 Å². The minimum Gasteiger partial charge on any atom is -0.324 e. The predicted octanol–water partition coefficient (Wildman–Crippen LogP) is 2.94. The van der Waals surface area contributed by atoms with Crippen molar-refractivity contribution in [2.75, 3.05) is 20.6 Å². The van der Waals surface area contributed by atoms with Gasteiger partial charge in [-0.05, 0) is 44.8 Å². The van der Waals surface area contributed by atoms with Crippen molar-refractivity contribution in [3.05, 3.63) is 33.8 Å². The molecule has 84 valence electrons. The molecule has 1 aromatic rings. The SMILES string of the molecule is CN(C)CCC(N)c1ccc(Cl)cc1Cl. The Morgan fingerprint density at radius 3 is 2.53 bits per heavy atom. The van der Waals surface area contributed by atoms with Gasteiger partial charge in [0.05, 0.1) is 0 Å². The van der Waals surface area contributed by atoms with Gasteiger partial charge in [-0.3, -0.25) is 0 Å². The Morgan fingerprint density at radius 1 is 1.33 bits per heavy atom. The standard InChI is InChI=1S/C11H16Cl2N2/c1-15(2)6-5-11(14)9-4-3-8(12)7-10(9)13/h3-4,7,11H,5-6,14H2,1-2H3. The summed E-state index contributed by atoms with van der Waals surface area (Å²) in [5, 5.41) is 1.29. The van der Waals surface area contributed by atoms with E-state index in [1.54, 1.807) is 6.07 Å². The van der Waals surface area contributed by atoms with Crippen molar-refractivity contribution in [2.24, 2.45) is 5.73 Å². The van der Waals surface area contributed by atoms with Gasteiger partial charge < -0.3 is 10.6 Å². The first-order valence-electron chi connectivity index (χ1n) is 4.86. The molecule has 0 aliphatic rings. The maximum Gasteiger partial charge on any atom is 0.0468 e. The third-order valence-corrected chi connectivity index (χ3v) is 2.81. The normalized spacial score (nSPS) is 13.2. The predicted molar refractivity (Wildman–Crippen MR) is 66.6 cm³/mol. The molecule has 4 heteroatoms. The maximum absolute atomic E-state index is 6.06. The highest BCUT2D eigenvalue weighted by atomic mass is 35.5. The molecule has 0 radical (unpaired) electrons. The van der Waals surface area contributed by atoms with Crippen molar-refractivity contribution >= 4 is 23.2 Å². The zero-order chi connectivity index (χ0) is 11.4. The van der Waals surface area contributed by atoms with Gasteiger partial charge >= 0.3 is 0 Å². The van der Waals surface area contributed by atoms with Gasteiger partial charge in [0, 0.05) is 16.1 Å². The lowest BCUT2D eigenvalue weighted by atomic mass is 10.0. The number of halogens is 2. The van der Waals surface area contributed by atoms with Crippen molar-refractivity contribution < 1.29 is 0 Å². The van der Waals surface area contributed by atoms with E-state index in [9.17, 15) is 0 Å². The molecule has 0 aliphatic carbocycles. The van der Waals surface area contributed by atoms with Crippen molar-refractivity contribution in [1.82, 2.24) is 4.90 Å². The van der Waals surface area contributed by atoms with Crippen LogP contribution in [-0.2, 0) is 0 Å². The highest BCUT2D eigenvalue weighted by Crippen LogP contribution is 2.26. The largest absolute Gasteiger partial charge is 0.324 e. The second kappa shape index (κ2) is 5.71. The molecule has 0 spiro atoms. The molecule has 15 heavy (non-hydrogen) atoms. The molecule has 0 saturated carbocycles. The van der Waals surface area contributed by atoms with Gasteiger partial charge in [-0.2, -0.15) is 0 Å². The van der Waals surface area contributed by atoms with Crippen LogP contribution >= 0.6 is 23.2 Å². The van der Waals surface area contributed by atoms with E-state index in [0.29, 0.717) is 10.0 Å². The van der Waals surface area contributed by atoms with E-state index < -0.39 is 0 Å². The molecule has 0 amide bonds. The van der Waals surface area contributed by atoms with E-state index >= 15 is 0 Å². The molecule has 1 rings (SSSR count). The average Bonchev–Trinajstić information content (AvgIpc) is 2.14. The number of benzene rings is 1. The molecule has 2 N–H and O–H groups in total. The van der Waals surface area contributed by atoms with Gasteiger partial charge in [-0.15, -0.1) is 0 Å². The fourth-order valence-corrected chi connectivity index (χ4v) is 1.90. The molecule has 0 saturated heterocycles. The Bertz CT molecular complexity index is 326. The van der Waals surface area contributed by atoms with E-state index in [1.807, 2.05) is 26.2 Å². The van der Waals surface area contributed by atoms with Crippen LogP contribution in [0.4, 0.5) is 0 Å². The summed E-state index contributed by atoms with van der Waals surface area (Å²) in [7, 11) is 4.05. The summed E-state index contributed by atoms with van der Waals surface area (Å²) in [6.45, 7) is 0.945. The molecular formula is C11H16Cl2N2. The van der Waals surface area contributed by atoms with Crippen LogP contribution < -0.4 is 5.73 Å². The van der Waals surface area contributed by atoms with E-state index in [0.717, 1.165) is 18.5 Å². The molecule has 1 unspecified atom stereocenters. The van der Waals surface area contributed by atoms with Crippen LogP contribution in [0.5, 0.6) is 0 Å². The van der Waals surface area contributed by atoms with Crippen LogP contribution in [0.1, 0.15) is 18.0 Å². The number of hydrogen-bond donors (Lipinski definition) is 1. The van der Waals surface area contributed by atoms with Crippen LogP contribution in [0.2, 0.25) is 10.0 Å². The minimum absolute atomic E-state index is 0.0304. The van der Waals surface area contributed by atoms with Gasteiger partial charge in [0.25, 0.3) is 0 Å². The fourth-order valence-electron chi connectivity index (χ4n) is 1.35. The molecule has 1 aromatic carbocycles. The first-order chi connectivity index (χ1) is 7.00. The second-order valence-corrected chi connectivity index (χ2v) is 4.71. The number of nitrogens with two attached hydrogens (primary N) is 1. The summed E-state index contributed by atoms with van der Waals surface area (Å²) in [6, 6.07) is 5.41. The van der Waals surface area contributed by atoms with E-state index in [2.05, 4.69) is 4.90 Å². The second-order valence-electron chi connectivity index (χ2n) is 3.86. The summed E-state index contributed by atoms with van der Waals surface area (Å²) in [5.41, 5.74) is 7.00. The quantitative estimate of drug-likeness (QED) is 0.886. The average molecular weight is 247 g/mol. The Morgan fingerprint density at radius 2 is 2.00 bits per heavy atom. The Kier molecular flexibility index (Phi) is 4.87. The molecule has 0 aliphatic heterocycles. The maximum atomic E-state index is 6.06. The fraction of sp³-hybridized carbons (Fsp3) is 0.455. The summed E-state index contributed by atoms with van der Waals surface area (Å²) < 4.78 is 0. The first kappa shape index (κ1) is 12.8. The van der Waals surface area contributed by atoms with E-state index in [4.69, 9.17) is 28.9 Å². The molecule has 1 atom stereocenters. The summed E-state index contributed by atoms with van der Waals surface area (Å²) in [6.07, 6.45) is 0.883. The zero-order valence-corrected chi connectivity index (χ0v) is 10.5. The lowest BCUT2D eigenvalue weighted by molar-refractivity contribution is 0.382. The van der Waals surface area contributed by atoms with Crippen molar-refractivity contribution in [3.8, 4) is 0 Å². The van der Waals surface area contributed by atoms with Crippen LogP contribution in [0.25, 0.3) is 0 Å². The molecular weight excluding hydrogens is 231 g/mol. The van der Waals surface area contributed by atoms with Crippen LogP contribution in [0.15, 0.2) is 18.2 Å². The summed E-state index contributed by atoms with van der Waals surface area (Å²) in [5.74, 6) is 0. The van der Waals surface area contributed by atoms with Gasteiger partial charge in [-0.1, -0.05) is 29.3 Å². The topological polar surface area (TPSA) is 29.3 Å². The summed E-state index contributed by atoms with van der Waals surface area (Å²) in [4.78, 5) is 2.10.